The van der Waals surface area contributed by atoms with Crippen molar-refractivity contribution >= 4 is 28.1 Å². The second kappa shape index (κ2) is 8.23. The second-order valence-corrected chi connectivity index (χ2v) is 9.46. The standard InChI is InChI=1S/C22H25ClN6S/c23-16-5-3-4-15(14-16)18-19(30-21(28-18)29-12-10-25-11-13-29)17-6-9-26-20(27-17)22(24)7-1-2-8-22/h3-6,9,14,25H,1-2,7-8,10-13,24H2. The maximum Gasteiger partial charge on any atom is 0.186 e. The topological polar surface area (TPSA) is 80.0 Å². The average Bonchev–Trinajstić information content (AvgIpc) is 3.42. The van der Waals surface area contributed by atoms with Crippen molar-refractivity contribution in [1.29, 1.82) is 0 Å². The van der Waals surface area contributed by atoms with Crippen LogP contribution in [0.4, 0.5) is 5.13 Å². The van der Waals surface area contributed by atoms with Crippen LogP contribution in [0.25, 0.3) is 21.8 Å². The number of rotatable bonds is 4. The molecular weight excluding hydrogens is 416 g/mol. The average molecular weight is 441 g/mol. The van der Waals surface area contributed by atoms with E-state index < -0.39 is 5.54 Å². The first-order chi connectivity index (χ1) is 14.6. The van der Waals surface area contributed by atoms with Crippen molar-refractivity contribution in [3.05, 3.63) is 47.4 Å². The lowest BCUT2D eigenvalue weighted by Gasteiger charge is -2.26. The fraction of sp³-hybridized carbons (Fsp3) is 0.409. The molecule has 2 fully saturated rings. The Morgan fingerprint density at radius 1 is 1.10 bits per heavy atom. The van der Waals surface area contributed by atoms with E-state index in [1.54, 1.807) is 11.3 Å². The zero-order valence-corrected chi connectivity index (χ0v) is 18.3. The summed E-state index contributed by atoms with van der Waals surface area (Å²) in [6.07, 6.45) is 5.96. The predicted octanol–water partition coefficient (Wildman–Crippen LogP) is 4.06. The molecule has 0 spiro atoms. The number of halogens is 1. The fourth-order valence-electron chi connectivity index (χ4n) is 4.26. The van der Waals surface area contributed by atoms with E-state index in [9.17, 15) is 0 Å². The predicted molar refractivity (Wildman–Crippen MR) is 123 cm³/mol. The van der Waals surface area contributed by atoms with Crippen LogP contribution in [-0.2, 0) is 5.54 Å². The van der Waals surface area contributed by atoms with Crippen molar-refractivity contribution in [2.75, 3.05) is 31.1 Å². The highest BCUT2D eigenvalue weighted by Gasteiger charge is 2.34. The zero-order valence-electron chi connectivity index (χ0n) is 16.8. The number of thiazole rings is 1. The Balaban J connectivity index is 1.60. The molecule has 1 aromatic carbocycles. The van der Waals surface area contributed by atoms with Crippen molar-refractivity contribution in [3.8, 4) is 21.8 Å². The Labute approximate surface area is 185 Å². The summed E-state index contributed by atoms with van der Waals surface area (Å²) in [7, 11) is 0. The van der Waals surface area contributed by atoms with Gasteiger partial charge >= 0.3 is 0 Å². The van der Waals surface area contributed by atoms with Gasteiger partial charge in [-0.15, -0.1) is 0 Å². The molecule has 2 aromatic heterocycles. The van der Waals surface area contributed by atoms with Crippen LogP contribution < -0.4 is 16.0 Å². The van der Waals surface area contributed by atoms with Crippen LogP contribution in [-0.4, -0.2) is 41.1 Å². The maximum absolute atomic E-state index is 6.65. The molecule has 5 rings (SSSR count). The van der Waals surface area contributed by atoms with E-state index in [1.807, 2.05) is 30.5 Å². The molecule has 3 heterocycles. The number of anilines is 1. The van der Waals surface area contributed by atoms with E-state index in [1.165, 1.54) is 0 Å². The first-order valence-corrected chi connectivity index (χ1v) is 11.7. The van der Waals surface area contributed by atoms with E-state index in [-0.39, 0.29) is 0 Å². The van der Waals surface area contributed by atoms with Gasteiger partial charge in [0.15, 0.2) is 5.13 Å². The third-order valence-electron chi connectivity index (χ3n) is 5.93. The smallest absolute Gasteiger partial charge is 0.186 e. The quantitative estimate of drug-likeness (QED) is 0.636. The molecule has 1 aliphatic heterocycles. The number of hydrogen-bond acceptors (Lipinski definition) is 7. The second-order valence-electron chi connectivity index (χ2n) is 8.05. The molecule has 0 atom stereocenters. The van der Waals surface area contributed by atoms with Crippen LogP contribution in [0.1, 0.15) is 31.5 Å². The maximum atomic E-state index is 6.65. The van der Waals surface area contributed by atoms with Gasteiger partial charge in [-0.05, 0) is 31.0 Å². The molecule has 30 heavy (non-hydrogen) atoms. The third-order valence-corrected chi connectivity index (χ3v) is 7.30. The summed E-state index contributed by atoms with van der Waals surface area (Å²) >= 11 is 7.98. The van der Waals surface area contributed by atoms with Crippen LogP contribution in [0.5, 0.6) is 0 Å². The molecule has 0 amide bonds. The Morgan fingerprint density at radius 3 is 2.67 bits per heavy atom. The van der Waals surface area contributed by atoms with Crippen LogP contribution in [0.2, 0.25) is 5.02 Å². The summed E-state index contributed by atoms with van der Waals surface area (Å²) in [6.45, 7) is 3.83. The summed E-state index contributed by atoms with van der Waals surface area (Å²) in [6, 6.07) is 9.82. The monoisotopic (exact) mass is 440 g/mol. The summed E-state index contributed by atoms with van der Waals surface area (Å²) < 4.78 is 0. The number of hydrogen-bond donors (Lipinski definition) is 2. The van der Waals surface area contributed by atoms with E-state index in [2.05, 4.69) is 21.3 Å². The number of benzene rings is 1. The van der Waals surface area contributed by atoms with Gasteiger partial charge in [-0.1, -0.05) is 47.9 Å². The number of nitrogens with zero attached hydrogens (tertiary/aromatic N) is 4. The molecule has 1 aliphatic carbocycles. The van der Waals surface area contributed by atoms with Crippen LogP contribution in [0.3, 0.4) is 0 Å². The first-order valence-electron chi connectivity index (χ1n) is 10.5. The molecule has 3 N–H and O–H groups in total. The summed E-state index contributed by atoms with van der Waals surface area (Å²) in [4.78, 5) is 17.9. The summed E-state index contributed by atoms with van der Waals surface area (Å²) in [5.41, 5.74) is 9.02. The van der Waals surface area contributed by atoms with Gasteiger partial charge in [0, 0.05) is 43.0 Å². The third kappa shape index (κ3) is 3.83. The van der Waals surface area contributed by atoms with Gasteiger partial charge in [0.1, 0.15) is 5.82 Å². The van der Waals surface area contributed by atoms with Crippen molar-refractivity contribution < 1.29 is 0 Å². The molecule has 1 saturated heterocycles. The molecule has 0 bridgehead atoms. The highest BCUT2D eigenvalue weighted by atomic mass is 35.5. The van der Waals surface area contributed by atoms with Crippen LogP contribution >= 0.6 is 22.9 Å². The zero-order chi connectivity index (χ0) is 20.6. The highest BCUT2D eigenvalue weighted by Crippen LogP contribution is 2.41. The molecule has 8 heteroatoms. The molecule has 0 unspecified atom stereocenters. The van der Waals surface area contributed by atoms with Crippen molar-refractivity contribution in [3.63, 3.8) is 0 Å². The lowest BCUT2D eigenvalue weighted by atomic mass is 9.98. The van der Waals surface area contributed by atoms with Gasteiger partial charge in [-0.25, -0.2) is 15.0 Å². The first kappa shape index (κ1) is 19.9. The van der Waals surface area contributed by atoms with Crippen molar-refractivity contribution in [2.24, 2.45) is 5.73 Å². The Morgan fingerprint density at radius 2 is 1.90 bits per heavy atom. The molecule has 6 nitrogen and oxygen atoms in total. The molecule has 3 aromatic rings. The summed E-state index contributed by atoms with van der Waals surface area (Å²) in [5.74, 6) is 0.742. The highest BCUT2D eigenvalue weighted by molar-refractivity contribution is 7.19. The molecule has 2 aliphatic rings. The van der Waals surface area contributed by atoms with Gasteiger partial charge in [0.05, 0.1) is 21.8 Å². The number of nitrogens with one attached hydrogen (secondary N) is 1. The number of piperazine rings is 1. The molecule has 1 saturated carbocycles. The lowest BCUT2D eigenvalue weighted by molar-refractivity contribution is 0.432. The Bertz CT molecular complexity index is 1040. The molecular formula is C22H25ClN6S. The number of nitrogens with two attached hydrogens (primary N) is 1. The SMILES string of the molecule is NC1(c2nccc(-c3sc(N4CCNCC4)nc3-c3cccc(Cl)c3)n2)CCCC1. The van der Waals surface area contributed by atoms with E-state index in [0.29, 0.717) is 5.02 Å². The minimum absolute atomic E-state index is 0.418. The normalized spacial score (nSPS) is 18.7. The van der Waals surface area contributed by atoms with E-state index in [4.69, 9.17) is 27.3 Å². The van der Waals surface area contributed by atoms with Gasteiger partial charge in [-0.3, -0.25) is 0 Å². The minimum Gasteiger partial charge on any atom is -0.346 e. The van der Waals surface area contributed by atoms with Gasteiger partial charge in [-0.2, -0.15) is 0 Å². The Hall–Kier alpha value is -2.06. The van der Waals surface area contributed by atoms with Crippen LogP contribution in [0, 0.1) is 0 Å². The van der Waals surface area contributed by atoms with Crippen LogP contribution in [0.15, 0.2) is 36.5 Å². The van der Waals surface area contributed by atoms with E-state index in [0.717, 1.165) is 84.6 Å². The lowest BCUT2D eigenvalue weighted by Crippen LogP contribution is -2.43. The minimum atomic E-state index is -0.418. The fourth-order valence-corrected chi connectivity index (χ4v) is 5.56. The molecule has 156 valence electrons. The van der Waals surface area contributed by atoms with Crippen molar-refractivity contribution in [2.45, 2.75) is 31.2 Å². The molecule has 0 radical (unpaired) electrons. The number of aromatic nitrogens is 3. The van der Waals surface area contributed by atoms with Crippen molar-refractivity contribution in [1.82, 2.24) is 20.3 Å². The van der Waals surface area contributed by atoms with Gasteiger partial charge in [0.25, 0.3) is 0 Å². The Kier molecular flexibility index (Phi) is 5.45. The van der Waals surface area contributed by atoms with Gasteiger partial charge < -0.3 is 16.0 Å². The summed E-state index contributed by atoms with van der Waals surface area (Å²) in [5, 5.41) is 5.12. The van der Waals surface area contributed by atoms with E-state index >= 15 is 0 Å². The van der Waals surface area contributed by atoms with Gasteiger partial charge in [0.2, 0.25) is 0 Å². The largest absolute Gasteiger partial charge is 0.346 e.